The monoisotopic (exact) mass is 204 g/mol. The molecule has 1 unspecified atom stereocenters. The first-order chi connectivity index (χ1) is 5.57. The zero-order valence-corrected chi connectivity index (χ0v) is 8.99. The van der Waals surface area contributed by atoms with Crippen molar-refractivity contribution in [3.8, 4) is 0 Å². The van der Waals surface area contributed by atoms with Crippen molar-refractivity contribution in [3.63, 3.8) is 0 Å². The second-order valence-electron chi connectivity index (χ2n) is 2.73. The fourth-order valence-electron chi connectivity index (χ4n) is 0.721. The van der Waals surface area contributed by atoms with Crippen molar-refractivity contribution >= 4 is 23.2 Å². The van der Waals surface area contributed by atoms with Gasteiger partial charge in [-0.1, -0.05) is 36.2 Å². The molecule has 0 nitrogen and oxygen atoms in total. The molecule has 0 saturated carbocycles. The third-order valence-corrected chi connectivity index (χ3v) is 2.09. The molecule has 0 saturated heterocycles. The number of rotatable bonds is 4. The fourth-order valence-corrected chi connectivity index (χ4v) is 0.936. The molecular formula is C10H14Cl2. The standard InChI is InChI=1S/C10H14Cl2/c1-4-5-8(2)10(12)7-6-9(3)11/h4,6-8H,1,5H2,2-3H3/b9-6+,10-7+. The summed E-state index contributed by atoms with van der Waals surface area (Å²) < 4.78 is 0. The molecule has 0 bridgehead atoms. The first-order valence-corrected chi connectivity index (χ1v) is 4.64. The summed E-state index contributed by atoms with van der Waals surface area (Å²) in [6.07, 6.45) is 6.38. The molecule has 0 radical (unpaired) electrons. The zero-order chi connectivity index (χ0) is 9.56. The zero-order valence-electron chi connectivity index (χ0n) is 7.48. The molecule has 1 atom stereocenters. The van der Waals surface area contributed by atoms with Crippen LogP contribution in [-0.4, -0.2) is 0 Å². The molecule has 0 fully saturated rings. The summed E-state index contributed by atoms with van der Waals surface area (Å²) in [6, 6.07) is 0. The van der Waals surface area contributed by atoms with Gasteiger partial charge in [-0.3, -0.25) is 0 Å². The Hall–Kier alpha value is -0.200. The Labute approximate surface area is 84.6 Å². The van der Waals surface area contributed by atoms with E-state index in [1.807, 2.05) is 19.1 Å². The molecule has 0 aromatic heterocycles. The van der Waals surface area contributed by atoms with Gasteiger partial charge in [0.2, 0.25) is 0 Å². The van der Waals surface area contributed by atoms with Crippen molar-refractivity contribution in [3.05, 3.63) is 34.9 Å². The Morgan fingerprint density at radius 1 is 1.42 bits per heavy atom. The SMILES string of the molecule is C=CCC(C)/C(Cl)=C\C=C(/C)Cl. The third-order valence-electron chi connectivity index (χ3n) is 1.46. The molecule has 12 heavy (non-hydrogen) atoms. The van der Waals surface area contributed by atoms with Crippen molar-refractivity contribution in [1.82, 2.24) is 0 Å². The maximum Gasteiger partial charge on any atom is 0.0212 e. The van der Waals surface area contributed by atoms with E-state index in [9.17, 15) is 0 Å². The smallest absolute Gasteiger partial charge is 0.0212 e. The largest absolute Gasteiger partial charge is 0.103 e. The Bertz CT molecular complexity index is 198. The minimum atomic E-state index is 0.330. The van der Waals surface area contributed by atoms with Crippen LogP contribution in [0.1, 0.15) is 20.3 Å². The maximum absolute atomic E-state index is 5.96. The number of halogens is 2. The summed E-state index contributed by atoms with van der Waals surface area (Å²) in [5, 5.41) is 1.55. The highest BCUT2D eigenvalue weighted by atomic mass is 35.5. The van der Waals surface area contributed by atoms with Gasteiger partial charge < -0.3 is 0 Å². The summed E-state index contributed by atoms with van der Waals surface area (Å²) >= 11 is 11.6. The summed E-state index contributed by atoms with van der Waals surface area (Å²) in [4.78, 5) is 0. The second kappa shape index (κ2) is 6.33. The third kappa shape index (κ3) is 5.45. The Balaban J connectivity index is 4.16. The summed E-state index contributed by atoms with van der Waals surface area (Å²) in [6.45, 7) is 7.52. The highest BCUT2D eigenvalue weighted by Crippen LogP contribution is 2.19. The van der Waals surface area contributed by atoms with Gasteiger partial charge in [-0.15, -0.1) is 6.58 Å². The van der Waals surface area contributed by atoms with Crippen LogP contribution in [0, 0.1) is 5.92 Å². The number of allylic oxidation sites excluding steroid dienone is 5. The molecule has 0 spiro atoms. The Morgan fingerprint density at radius 2 is 2.00 bits per heavy atom. The quantitative estimate of drug-likeness (QED) is 0.469. The minimum absolute atomic E-state index is 0.330. The summed E-state index contributed by atoms with van der Waals surface area (Å²) in [5.41, 5.74) is 0. The minimum Gasteiger partial charge on any atom is -0.103 e. The molecule has 0 N–H and O–H groups in total. The number of hydrogen-bond donors (Lipinski definition) is 0. The lowest BCUT2D eigenvalue weighted by Crippen LogP contribution is -1.90. The molecule has 0 aromatic rings. The summed E-state index contributed by atoms with van der Waals surface area (Å²) in [7, 11) is 0. The molecule has 0 aliphatic rings. The Morgan fingerprint density at radius 3 is 2.42 bits per heavy atom. The fraction of sp³-hybridized carbons (Fsp3) is 0.400. The van der Waals surface area contributed by atoms with Gasteiger partial charge in [0, 0.05) is 10.1 Å². The van der Waals surface area contributed by atoms with Gasteiger partial charge in [0.05, 0.1) is 0 Å². The lowest BCUT2D eigenvalue weighted by molar-refractivity contribution is 0.730. The van der Waals surface area contributed by atoms with Crippen LogP contribution in [0.2, 0.25) is 0 Å². The molecule has 0 aliphatic heterocycles. The molecule has 0 heterocycles. The van der Waals surface area contributed by atoms with Crippen LogP contribution in [0.15, 0.2) is 34.9 Å². The molecular weight excluding hydrogens is 191 g/mol. The van der Waals surface area contributed by atoms with Gasteiger partial charge in [0.1, 0.15) is 0 Å². The van der Waals surface area contributed by atoms with Crippen LogP contribution < -0.4 is 0 Å². The molecule has 0 aromatic carbocycles. The van der Waals surface area contributed by atoms with Crippen molar-refractivity contribution in [2.45, 2.75) is 20.3 Å². The van der Waals surface area contributed by atoms with Crippen molar-refractivity contribution in [1.29, 1.82) is 0 Å². The molecule has 0 aliphatic carbocycles. The topological polar surface area (TPSA) is 0 Å². The van der Waals surface area contributed by atoms with Crippen LogP contribution in [0.4, 0.5) is 0 Å². The molecule has 0 amide bonds. The van der Waals surface area contributed by atoms with Crippen LogP contribution in [-0.2, 0) is 0 Å². The lowest BCUT2D eigenvalue weighted by Gasteiger charge is -2.05. The van der Waals surface area contributed by atoms with Gasteiger partial charge in [-0.2, -0.15) is 0 Å². The van der Waals surface area contributed by atoms with Gasteiger partial charge in [-0.25, -0.2) is 0 Å². The van der Waals surface area contributed by atoms with Crippen molar-refractivity contribution in [2.24, 2.45) is 5.92 Å². The molecule has 68 valence electrons. The van der Waals surface area contributed by atoms with E-state index in [1.165, 1.54) is 0 Å². The van der Waals surface area contributed by atoms with E-state index in [-0.39, 0.29) is 0 Å². The van der Waals surface area contributed by atoms with E-state index in [4.69, 9.17) is 23.2 Å². The lowest BCUT2D eigenvalue weighted by atomic mass is 10.1. The average molecular weight is 205 g/mol. The van der Waals surface area contributed by atoms with Gasteiger partial charge in [0.15, 0.2) is 0 Å². The second-order valence-corrected chi connectivity index (χ2v) is 3.76. The predicted molar refractivity (Wildman–Crippen MR) is 57.5 cm³/mol. The molecule has 2 heteroatoms. The molecule has 0 rings (SSSR count). The predicted octanol–water partition coefficient (Wildman–Crippen LogP) is 4.46. The average Bonchev–Trinajstić information content (AvgIpc) is 2.00. The van der Waals surface area contributed by atoms with Crippen LogP contribution in [0.25, 0.3) is 0 Å². The van der Waals surface area contributed by atoms with E-state index in [1.54, 1.807) is 6.08 Å². The van der Waals surface area contributed by atoms with Gasteiger partial charge in [0.25, 0.3) is 0 Å². The number of hydrogen-bond acceptors (Lipinski definition) is 0. The maximum atomic E-state index is 5.96. The van der Waals surface area contributed by atoms with E-state index in [0.717, 1.165) is 16.5 Å². The normalized spacial score (nSPS) is 16.0. The Kier molecular flexibility index (Phi) is 6.23. The summed E-state index contributed by atoms with van der Waals surface area (Å²) in [5.74, 6) is 0.330. The first kappa shape index (κ1) is 11.8. The van der Waals surface area contributed by atoms with E-state index < -0.39 is 0 Å². The van der Waals surface area contributed by atoms with E-state index >= 15 is 0 Å². The van der Waals surface area contributed by atoms with Crippen LogP contribution in [0.5, 0.6) is 0 Å². The highest BCUT2D eigenvalue weighted by Gasteiger charge is 2.01. The van der Waals surface area contributed by atoms with Crippen molar-refractivity contribution in [2.75, 3.05) is 0 Å². The van der Waals surface area contributed by atoms with Gasteiger partial charge >= 0.3 is 0 Å². The van der Waals surface area contributed by atoms with Crippen molar-refractivity contribution < 1.29 is 0 Å². The van der Waals surface area contributed by atoms with E-state index in [2.05, 4.69) is 13.5 Å². The van der Waals surface area contributed by atoms with Crippen LogP contribution >= 0.6 is 23.2 Å². The van der Waals surface area contributed by atoms with Gasteiger partial charge in [-0.05, 0) is 31.4 Å². The van der Waals surface area contributed by atoms with Crippen LogP contribution in [0.3, 0.4) is 0 Å². The first-order valence-electron chi connectivity index (χ1n) is 3.88. The van der Waals surface area contributed by atoms with E-state index in [0.29, 0.717) is 5.92 Å². The highest BCUT2D eigenvalue weighted by molar-refractivity contribution is 6.31.